The Morgan fingerprint density at radius 2 is 0.893 bits per heavy atom. The molecule has 0 bridgehead atoms. The SMILES string of the molecule is CC(C)(C)c1cc(-c2cccc(-c3cc(C(C)(C)C)cc(C(C)(C)C)c3)c2-c2n[n+](-c3cc(C(C)(C)C)cc(C(C)(C)C)c3)[c-]n2-c2[c-]c(Oc3[c-]c4c(cc3)c3ccccc3n4-c3cc(C(C)(C)C)ccn3)ccc2)cc(C(C)(C)C)c1.[Pt]. The number of ether oxygens (including phenoxy) is 1. The fourth-order valence-electron chi connectivity index (χ4n) is 10.8. The third-order valence-corrected chi connectivity index (χ3v) is 16.3. The van der Waals surface area contributed by atoms with Gasteiger partial charge in [0.05, 0.1) is 5.69 Å². The van der Waals surface area contributed by atoms with Crippen molar-refractivity contribution in [1.82, 2.24) is 19.2 Å². The van der Waals surface area contributed by atoms with Gasteiger partial charge in [0.25, 0.3) is 6.33 Å². The van der Waals surface area contributed by atoms with E-state index in [0.29, 0.717) is 11.5 Å². The van der Waals surface area contributed by atoms with Crippen LogP contribution in [-0.2, 0) is 59.0 Å². The monoisotopic (exact) mass is 1290 g/mol. The van der Waals surface area contributed by atoms with Gasteiger partial charge in [-0.05, 0) is 123 Å². The van der Waals surface area contributed by atoms with Crippen molar-refractivity contribution in [2.75, 3.05) is 0 Å². The third kappa shape index (κ3) is 12.6. The zero-order chi connectivity index (χ0) is 60.1. The van der Waals surface area contributed by atoms with Crippen LogP contribution < -0.4 is 9.42 Å². The molecule has 6 nitrogen and oxygen atoms in total. The molecule has 0 aliphatic heterocycles. The van der Waals surface area contributed by atoms with Crippen LogP contribution in [0, 0.1) is 18.5 Å². The molecule has 0 aliphatic rings. The van der Waals surface area contributed by atoms with Gasteiger partial charge in [0.15, 0.2) is 5.82 Å². The molecule has 3 aromatic heterocycles. The molecule has 10 aromatic rings. The molecule has 0 amide bonds. The van der Waals surface area contributed by atoms with Crippen molar-refractivity contribution < 1.29 is 30.5 Å². The largest absolute Gasteiger partial charge is 0.510 e. The second-order valence-electron chi connectivity index (χ2n) is 30.4. The Kier molecular flexibility index (Phi) is 16.1. The second-order valence-corrected chi connectivity index (χ2v) is 30.4. The first-order valence-electron chi connectivity index (χ1n) is 29.7. The summed E-state index contributed by atoms with van der Waals surface area (Å²) in [7, 11) is 0. The molecular weight excluding hydrogens is 1210 g/mol. The molecule has 0 saturated carbocycles. The van der Waals surface area contributed by atoms with Gasteiger partial charge in [-0.2, -0.15) is 22.9 Å². The molecule has 0 atom stereocenters. The Hall–Kier alpha value is -6.88. The summed E-state index contributed by atoms with van der Waals surface area (Å²) in [6.45, 7) is 48.2. The molecule has 84 heavy (non-hydrogen) atoms. The first-order chi connectivity index (χ1) is 38.5. The molecule has 0 saturated heterocycles. The maximum absolute atomic E-state index is 6.92. The molecular formula is C77H87N5OPt-2. The maximum Gasteiger partial charge on any atom is 0.272 e. The van der Waals surface area contributed by atoms with E-state index in [2.05, 4.69) is 294 Å². The van der Waals surface area contributed by atoms with Crippen LogP contribution in [0.3, 0.4) is 0 Å². The average Bonchev–Trinajstić information content (AvgIpc) is 1.85. The summed E-state index contributed by atoms with van der Waals surface area (Å²) in [5.41, 5.74) is 17.0. The van der Waals surface area contributed by atoms with Gasteiger partial charge in [-0.3, -0.25) is 0 Å². The van der Waals surface area contributed by atoms with Crippen molar-refractivity contribution in [3.8, 4) is 62.3 Å². The van der Waals surface area contributed by atoms with Gasteiger partial charge in [-0.1, -0.05) is 248 Å². The Labute approximate surface area is 517 Å². The summed E-state index contributed by atoms with van der Waals surface area (Å²) in [5, 5.41) is 8.00. The van der Waals surface area contributed by atoms with Gasteiger partial charge in [0, 0.05) is 49.8 Å². The van der Waals surface area contributed by atoms with Crippen LogP contribution in [0.5, 0.6) is 11.5 Å². The van der Waals surface area contributed by atoms with Gasteiger partial charge in [0.2, 0.25) is 0 Å². The Bertz CT molecular complexity index is 3910. The molecule has 7 aromatic carbocycles. The number of hydrogen-bond acceptors (Lipinski definition) is 3. The number of fused-ring (bicyclic) bond motifs is 3. The number of hydrogen-bond donors (Lipinski definition) is 0. The number of benzene rings is 7. The zero-order valence-electron chi connectivity index (χ0n) is 53.8. The van der Waals surface area contributed by atoms with Crippen molar-refractivity contribution >= 4 is 21.8 Å². The van der Waals surface area contributed by atoms with E-state index in [-0.39, 0.29) is 59.0 Å². The van der Waals surface area contributed by atoms with Crippen molar-refractivity contribution in [2.45, 2.75) is 183 Å². The average molecular weight is 1290 g/mol. The molecule has 0 fully saturated rings. The van der Waals surface area contributed by atoms with E-state index in [1.807, 2.05) is 29.1 Å². The van der Waals surface area contributed by atoms with E-state index in [4.69, 9.17) is 14.8 Å². The van der Waals surface area contributed by atoms with Crippen molar-refractivity contribution in [3.63, 3.8) is 0 Å². The van der Waals surface area contributed by atoms with Gasteiger partial charge in [0.1, 0.15) is 5.82 Å². The van der Waals surface area contributed by atoms with E-state index >= 15 is 0 Å². The smallest absolute Gasteiger partial charge is 0.272 e. The fraction of sp³-hybridized carbons (Fsp3) is 0.364. The van der Waals surface area contributed by atoms with Gasteiger partial charge in [-0.25, -0.2) is 4.98 Å². The van der Waals surface area contributed by atoms with Crippen molar-refractivity contribution in [3.05, 3.63) is 203 Å². The summed E-state index contributed by atoms with van der Waals surface area (Å²) >= 11 is 0. The predicted octanol–water partition coefficient (Wildman–Crippen LogP) is 19.9. The van der Waals surface area contributed by atoms with Crippen molar-refractivity contribution in [1.29, 1.82) is 0 Å². The van der Waals surface area contributed by atoms with E-state index in [1.165, 1.54) is 38.9 Å². The Balaban J connectivity index is 0.00000846. The summed E-state index contributed by atoms with van der Waals surface area (Å²) in [5.74, 6) is 2.66. The minimum atomic E-state index is -0.131. The predicted molar refractivity (Wildman–Crippen MR) is 347 cm³/mol. The third-order valence-electron chi connectivity index (χ3n) is 16.3. The number of nitrogens with zero attached hydrogens (tertiary/aromatic N) is 5. The van der Waals surface area contributed by atoms with Crippen LogP contribution in [0.15, 0.2) is 146 Å². The van der Waals surface area contributed by atoms with Crippen LogP contribution in [0.2, 0.25) is 0 Å². The second kappa shape index (κ2) is 21.9. The van der Waals surface area contributed by atoms with Crippen LogP contribution in [0.25, 0.3) is 72.6 Å². The quantitative estimate of drug-likeness (QED) is 0.113. The molecule has 10 rings (SSSR count). The normalized spacial score (nSPS) is 13.0. The topological polar surface area (TPSA) is 48.8 Å². The number of pyridine rings is 1. The fourth-order valence-corrected chi connectivity index (χ4v) is 10.8. The van der Waals surface area contributed by atoms with Crippen LogP contribution in [-0.4, -0.2) is 19.2 Å². The van der Waals surface area contributed by atoms with E-state index < -0.39 is 0 Å². The van der Waals surface area contributed by atoms with Gasteiger partial charge < -0.3 is 13.9 Å². The van der Waals surface area contributed by atoms with Gasteiger partial charge in [-0.15, -0.1) is 34.8 Å². The summed E-state index contributed by atoms with van der Waals surface area (Å²) in [6, 6.07) is 58.7. The summed E-state index contributed by atoms with van der Waals surface area (Å²) in [6.07, 6.45) is 5.77. The first kappa shape index (κ1) is 61.7. The van der Waals surface area contributed by atoms with E-state index in [1.54, 1.807) is 0 Å². The van der Waals surface area contributed by atoms with Crippen LogP contribution in [0.1, 0.15) is 184 Å². The molecule has 438 valence electrons. The summed E-state index contributed by atoms with van der Waals surface area (Å²) in [4.78, 5) is 4.94. The number of para-hydroxylation sites is 1. The number of aromatic nitrogens is 5. The zero-order valence-corrected chi connectivity index (χ0v) is 56.1. The Morgan fingerprint density at radius 3 is 1.39 bits per heavy atom. The Morgan fingerprint density at radius 1 is 0.429 bits per heavy atom. The van der Waals surface area contributed by atoms with Crippen LogP contribution in [0.4, 0.5) is 0 Å². The molecule has 0 aliphatic carbocycles. The minimum absolute atomic E-state index is 0. The molecule has 0 spiro atoms. The van der Waals surface area contributed by atoms with E-state index in [0.717, 1.165) is 72.6 Å². The standard InChI is InChI=1S/C77H87N5O.Pt/c1-71(2,3)51-34-35-78-68(45-51)82-66-31-23-22-28-64(66)65-33-32-61(47-67(65)82)83-60-27-24-26-58(46-60)80-48-81(59-43-56(76(16,17)18)42-57(44-59)77(19,20)21)79-70(80)69-62(49-36-52(72(4,5)6)40-53(37-49)73(7,8)9)29-25-30-63(69)50-38-54(74(10,11)12)41-55(39-50)75(13,14)15;/h22-45H,1-21H3;/q-2;. The summed E-state index contributed by atoms with van der Waals surface area (Å²) < 4.78 is 13.2. The van der Waals surface area contributed by atoms with Gasteiger partial charge >= 0.3 is 0 Å². The molecule has 7 heteroatoms. The number of rotatable bonds is 8. The first-order valence-corrected chi connectivity index (χ1v) is 29.7. The van der Waals surface area contributed by atoms with E-state index in [9.17, 15) is 0 Å². The molecule has 3 heterocycles. The minimum Gasteiger partial charge on any atom is -0.510 e. The molecule has 0 unspecified atom stereocenters. The maximum atomic E-state index is 6.92. The van der Waals surface area contributed by atoms with Crippen LogP contribution >= 0.6 is 0 Å². The van der Waals surface area contributed by atoms with Crippen molar-refractivity contribution in [2.24, 2.45) is 0 Å². The molecule has 0 N–H and O–H groups in total. The molecule has 0 radical (unpaired) electrons.